The van der Waals surface area contributed by atoms with E-state index in [2.05, 4.69) is 7.05 Å². The molecule has 19 heavy (non-hydrogen) atoms. The summed E-state index contributed by atoms with van der Waals surface area (Å²) in [5, 5.41) is 0. The van der Waals surface area contributed by atoms with Crippen molar-refractivity contribution in [3.8, 4) is 0 Å². The van der Waals surface area contributed by atoms with Crippen molar-refractivity contribution in [1.29, 1.82) is 0 Å². The molecule has 2 saturated carbocycles. The Kier molecular flexibility index (Phi) is 3.59. The van der Waals surface area contributed by atoms with E-state index in [1.54, 1.807) is 6.92 Å². The predicted molar refractivity (Wildman–Crippen MR) is 74.6 cm³/mol. The lowest BCUT2D eigenvalue weighted by molar-refractivity contribution is -0.942. The minimum absolute atomic E-state index is 0.0798. The lowest BCUT2D eigenvalue weighted by Crippen LogP contribution is -2.60. The Hall–Kier alpha value is -0.570. The van der Waals surface area contributed by atoms with Crippen LogP contribution < -0.4 is 0 Å². The van der Waals surface area contributed by atoms with Gasteiger partial charge in [-0.2, -0.15) is 0 Å². The van der Waals surface area contributed by atoms with Crippen LogP contribution in [0.1, 0.15) is 51.9 Å². The molecule has 3 heteroatoms. The van der Waals surface area contributed by atoms with Gasteiger partial charge in [0.05, 0.1) is 26.2 Å². The third-order valence-corrected chi connectivity index (χ3v) is 6.03. The van der Waals surface area contributed by atoms with Crippen molar-refractivity contribution in [3.63, 3.8) is 0 Å². The summed E-state index contributed by atoms with van der Waals surface area (Å²) >= 11 is 0. The summed E-state index contributed by atoms with van der Waals surface area (Å²) in [7, 11) is 2.45. The molecule has 2 bridgehead atoms. The number of esters is 1. The molecule has 0 aromatic rings. The molecule has 0 amide bonds. The van der Waals surface area contributed by atoms with E-state index in [1.165, 1.54) is 62.5 Å². The van der Waals surface area contributed by atoms with Gasteiger partial charge in [-0.1, -0.05) is 0 Å². The Bertz CT molecular complexity index is 349. The zero-order chi connectivity index (χ0) is 13.5. The summed E-state index contributed by atoms with van der Waals surface area (Å²) in [6.07, 6.45) is 9.56. The standard InChI is InChI=1S/C16H28NO2/c1-12(18)19-16-13-6-8-14(16)15(9-7-13)17(2)10-4-3-5-11-17/h13-16H,3-11H2,1-2H3/q+1/t13-,14-,15-,16+/m1/s1. The zero-order valence-corrected chi connectivity index (χ0v) is 12.4. The molecule has 0 spiro atoms. The van der Waals surface area contributed by atoms with Crippen LogP contribution in [0.2, 0.25) is 0 Å². The van der Waals surface area contributed by atoms with E-state index in [9.17, 15) is 4.79 Å². The van der Waals surface area contributed by atoms with Crippen LogP contribution in [0.4, 0.5) is 0 Å². The van der Waals surface area contributed by atoms with Crippen LogP contribution in [0.25, 0.3) is 0 Å². The number of rotatable bonds is 2. The molecular weight excluding hydrogens is 238 g/mol. The Balaban J connectivity index is 1.77. The maximum Gasteiger partial charge on any atom is 0.302 e. The first kappa shape index (κ1) is 13.4. The van der Waals surface area contributed by atoms with Gasteiger partial charge in [-0.05, 0) is 44.4 Å². The Morgan fingerprint density at radius 2 is 1.74 bits per heavy atom. The number of carbonyl (C=O) groups excluding carboxylic acids is 1. The van der Waals surface area contributed by atoms with Crippen molar-refractivity contribution < 1.29 is 14.0 Å². The van der Waals surface area contributed by atoms with E-state index in [0.29, 0.717) is 11.8 Å². The molecule has 1 saturated heterocycles. The molecule has 2 aliphatic carbocycles. The summed E-state index contributed by atoms with van der Waals surface area (Å²) in [6, 6.07) is 0.739. The molecule has 0 unspecified atom stereocenters. The van der Waals surface area contributed by atoms with E-state index >= 15 is 0 Å². The summed E-state index contributed by atoms with van der Waals surface area (Å²) in [5.74, 6) is 1.20. The number of ether oxygens (including phenoxy) is 1. The van der Waals surface area contributed by atoms with Gasteiger partial charge in [-0.3, -0.25) is 4.79 Å². The molecule has 108 valence electrons. The van der Waals surface area contributed by atoms with Crippen molar-refractivity contribution in [2.45, 2.75) is 64.0 Å². The van der Waals surface area contributed by atoms with Crippen molar-refractivity contribution in [2.75, 3.05) is 20.1 Å². The maximum atomic E-state index is 11.4. The van der Waals surface area contributed by atoms with E-state index in [0.717, 1.165) is 6.04 Å². The van der Waals surface area contributed by atoms with Crippen LogP contribution in [0.3, 0.4) is 0 Å². The zero-order valence-electron chi connectivity index (χ0n) is 12.4. The maximum absolute atomic E-state index is 11.4. The largest absolute Gasteiger partial charge is 0.462 e. The second-order valence-electron chi connectivity index (χ2n) is 7.21. The lowest BCUT2D eigenvalue weighted by Gasteiger charge is -2.49. The van der Waals surface area contributed by atoms with Crippen LogP contribution in [0.15, 0.2) is 0 Å². The summed E-state index contributed by atoms with van der Waals surface area (Å²) in [4.78, 5) is 11.4. The summed E-state index contributed by atoms with van der Waals surface area (Å²) in [5.41, 5.74) is 0. The highest BCUT2D eigenvalue weighted by molar-refractivity contribution is 5.66. The molecule has 0 radical (unpaired) electrons. The highest BCUT2D eigenvalue weighted by Gasteiger charge is 2.52. The SMILES string of the molecule is CC(=O)O[C@H]1[C@@H]2CC[C@@H]1[C@H]([N+]1(C)CCCCC1)CC2. The van der Waals surface area contributed by atoms with Gasteiger partial charge < -0.3 is 9.22 Å². The van der Waals surface area contributed by atoms with Crippen LogP contribution >= 0.6 is 0 Å². The Morgan fingerprint density at radius 3 is 2.42 bits per heavy atom. The van der Waals surface area contributed by atoms with E-state index in [-0.39, 0.29) is 12.1 Å². The highest BCUT2D eigenvalue weighted by Crippen LogP contribution is 2.47. The van der Waals surface area contributed by atoms with E-state index < -0.39 is 0 Å². The number of hydrogen-bond donors (Lipinski definition) is 0. The monoisotopic (exact) mass is 266 g/mol. The van der Waals surface area contributed by atoms with Gasteiger partial charge >= 0.3 is 5.97 Å². The third-order valence-electron chi connectivity index (χ3n) is 6.03. The van der Waals surface area contributed by atoms with Crippen LogP contribution in [0, 0.1) is 11.8 Å². The molecule has 1 heterocycles. The predicted octanol–water partition coefficient (Wildman–Crippen LogP) is 2.74. The fraction of sp³-hybridized carbons (Fsp3) is 0.938. The first-order chi connectivity index (χ1) is 9.10. The van der Waals surface area contributed by atoms with Gasteiger partial charge in [0.1, 0.15) is 6.10 Å². The number of carbonyl (C=O) groups is 1. The summed E-state index contributed by atoms with van der Waals surface area (Å²) < 4.78 is 6.94. The van der Waals surface area contributed by atoms with Crippen LogP contribution in [-0.4, -0.2) is 42.7 Å². The average molecular weight is 266 g/mol. The first-order valence-corrected chi connectivity index (χ1v) is 8.11. The number of nitrogens with zero attached hydrogens (tertiary/aromatic N) is 1. The number of piperidine rings is 1. The molecule has 3 fully saturated rings. The fourth-order valence-electron chi connectivity index (χ4n) is 5.12. The van der Waals surface area contributed by atoms with Gasteiger partial charge in [0.15, 0.2) is 0 Å². The van der Waals surface area contributed by atoms with Crippen LogP contribution in [0.5, 0.6) is 0 Å². The van der Waals surface area contributed by atoms with Crippen molar-refractivity contribution in [3.05, 3.63) is 0 Å². The highest BCUT2D eigenvalue weighted by atomic mass is 16.5. The molecular formula is C16H28NO2+. The van der Waals surface area contributed by atoms with Gasteiger partial charge in [0.2, 0.25) is 0 Å². The minimum atomic E-state index is -0.0798. The Morgan fingerprint density at radius 1 is 1.05 bits per heavy atom. The topological polar surface area (TPSA) is 26.3 Å². The lowest BCUT2D eigenvalue weighted by atomic mass is 9.79. The molecule has 0 aromatic carbocycles. The van der Waals surface area contributed by atoms with E-state index in [1.807, 2.05) is 0 Å². The minimum Gasteiger partial charge on any atom is -0.462 e. The van der Waals surface area contributed by atoms with Gasteiger partial charge in [0.25, 0.3) is 0 Å². The van der Waals surface area contributed by atoms with Crippen molar-refractivity contribution in [2.24, 2.45) is 11.8 Å². The average Bonchev–Trinajstić information content (AvgIpc) is 2.62. The van der Waals surface area contributed by atoms with E-state index in [4.69, 9.17) is 4.74 Å². The third kappa shape index (κ3) is 2.42. The first-order valence-electron chi connectivity index (χ1n) is 8.11. The summed E-state index contributed by atoms with van der Waals surface area (Å²) in [6.45, 7) is 4.23. The van der Waals surface area contributed by atoms with Crippen molar-refractivity contribution >= 4 is 5.97 Å². The number of fused-ring (bicyclic) bond motifs is 2. The normalized spacial score (nSPS) is 40.9. The quantitative estimate of drug-likeness (QED) is 0.567. The fourth-order valence-corrected chi connectivity index (χ4v) is 5.12. The second-order valence-corrected chi connectivity index (χ2v) is 7.21. The molecule has 3 rings (SSSR count). The molecule has 0 N–H and O–H groups in total. The second kappa shape index (κ2) is 5.08. The van der Waals surface area contributed by atoms with Crippen LogP contribution in [-0.2, 0) is 9.53 Å². The number of quaternary nitrogens is 1. The molecule has 3 nitrogen and oxygen atoms in total. The Labute approximate surface area is 116 Å². The number of hydrogen-bond acceptors (Lipinski definition) is 2. The smallest absolute Gasteiger partial charge is 0.302 e. The molecule has 4 atom stereocenters. The van der Waals surface area contributed by atoms with Gasteiger partial charge in [0, 0.05) is 19.3 Å². The molecule has 1 aliphatic heterocycles. The van der Waals surface area contributed by atoms with Gasteiger partial charge in [-0.15, -0.1) is 0 Å². The molecule has 0 aromatic heterocycles. The van der Waals surface area contributed by atoms with Gasteiger partial charge in [-0.25, -0.2) is 0 Å². The number of likely N-dealkylation sites (tertiary alicyclic amines) is 1. The molecule has 3 aliphatic rings. The van der Waals surface area contributed by atoms with Crippen molar-refractivity contribution in [1.82, 2.24) is 0 Å².